The molecule has 2 aromatic carbocycles. The predicted molar refractivity (Wildman–Crippen MR) is 99.4 cm³/mol. The maximum atomic E-state index is 10.6. The van der Waals surface area contributed by atoms with Crippen LogP contribution < -0.4 is 10.1 Å². The second kappa shape index (κ2) is 8.21. The zero-order valence-electron chi connectivity index (χ0n) is 15.0. The number of carbonyl (C=O) groups excluding carboxylic acids is 1. The molecule has 1 fully saturated rings. The molecule has 0 aromatic heterocycles. The van der Waals surface area contributed by atoms with Crippen LogP contribution in [-0.4, -0.2) is 42.8 Å². The summed E-state index contributed by atoms with van der Waals surface area (Å²) in [6, 6.07) is 13.6. The van der Waals surface area contributed by atoms with Gasteiger partial charge in [0.2, 0.25) is 6.41 Å². The first-order valence-electron chi connectivity index (χ1n) is 8.62. The van der Waals surface area contributed by atoms with Gasteiger partial charge in [-0.1, -0.05) is 18.2 Å². The number of amides is 1. The van der Waals surface area contributed by atoms with Crippen LogP contribution in [0.2, 0.25) is 0 Å². The lowest BCUT2D eigenvalue weighted by atomic mass is 10.0. The van der Waals surface area contributed by atoms with E-state index in [4.69, 9.17) is 9.47 Å². The Morgan fingerprint density at radius 3 is 2.81 bits per heavy atom. The molecule has 6 nitrogen and oxygen atoms in total. The van der Waals surface area contributed by atoms with Gasteiger partial charge in [-0.2, -0.15) is 0 Å². The predicted octanol–water partition coefficient (Wildman–Crippen LogP) is 2.93. The van der Waals surface area contributed by atoms with Crippen molar-refractivity contribution in [2.45, 2.75) is 25.5 Å². The maximum absolute atomic E-state index is 10.6. The lowest BCUT2D eigenvalue weighted by molar-refractivity contribution is -0.105. The zero-order chi connectivity index (χ0) is 18.5. The molecule has 0 radical (unpaired) electrons. The first-order valence-corrected chi connectivity index (χ1v) is 8.62. The number of nitrogens with zero attached hydrogens (tertiary/aromatic N) is 1. The van der Waals surface area contributed by atoms with Gasteiger partial charge in [0.15, 0.2) is 0 Å². The molecule has 26 heavy (non-hydrogen) atoms. The van der Waals surface area contributed by atoms with Gasteiger partial charge in [-0.25, -0.2) is 0 Å². The van der Waals surface area contributed by atoms with Crippen molar-refractivity contribution in [1.29, 1.82) is 0 Å². The highest BCUT2D eigenvalue weighted by Gasteiger charge is 2.28. The summed E-state index contributed by atoms with van der Waals surface area (Å²) >= 11 is 0. The standard InChI is InChI=1S/C20H24N2O4/c1-14(9-15-3-6-17(25-2)7-4-15)22-11-20(26-13-22)16-5-8-19(24)18(10-16)21-12-23/h3-8,10,12,14,20,24H,9,11,13H2,1-2H3,(H,21,23)/t14-,20-/m0/s1. The second-order valence-corrected chi connectivity index (χ2v) is 6.50. The van der Waals surface area contributed by atoms with E-state index in [0.717, 1.165) is 24.3 Å². The van der Waals surface area contributed by atoms with E-state index in [1.54, 1.807) is 19.2 Å². The van der Waals surface area contributed by atoms with E-state index in [1.165, 1.54) is 5.56 Å². The fourth-order valence-electron chi connectivity index (χ4n) is 3.18. The van der Waals surface area contributed by atoms with Crippen molar-refractivity contribution in [2.75, 3.05) is 25.7 Å². The highest BCUT2D eigenvalue weighted by molar-refractivity contribution is 5.75. The Morgan fingerprint density at radius 2 is 2.12 bits per heavy atom. The minimum absolute atomic E-state index is 0.0450. The molecule has 0 spiro atoms. The number of hydrogen-bond acceptors (Lipinski definition) is 5. The topological polar surface area (TPSA) is 71.0 Å². The minimum Gasteiger partial charge on any atom is -0.506 e. The average Bonchev–Trinajstić information content (AvgIpc) is 3.15. The van der Waals surface area contributed by atoms with Gasteiger partial charge in [0.1, 0.15) is 18.2 Å². The highest BCUT2D eigenvalue weighted by Crippen LogP contribution is 2.32. The van der Waals surface area contributed by atoms with E-state index in [2.05, 4.69) is 29.3 Å². The number of aromatic hydroxyl groups is 1. The third-order valence-electron chi connectivity index (χ3n) is 4.76. The first-order chi connectivity index (χ1) is 12.6. The van der Waals surface area contributed by atoms with Crippen molar-refractivity contribution in [3.05, 3.63) is 53.6 Å². The van der Waals surface area contributed by atoms with Crippen LogP contribution in [0.15, 0.2) is 42.5 Å². The number of phenols is 1. The summed E-state index contributed by atoms with van der Waals surface area (Å²) in [4.78, 5) is 12.9. The number of rotatable bonds is 7. The SMILES string of the molecule is COc1ccc(C[C@H](C)N2CO[C@H](c3ccc(O)c(NC=O)c3)C2)cc1. The molecule has 6 heteroatoms. The number of anilines is 1. The molecular weight excluding hydrogens is 332 g/mol. The third-order valence-corrected chi connectivity index (χ3v) is 4.76. The lowest BCUT2D eigenvalue weighted by Crippen LogP contribution is -2.32. The first kappa shape index (κ1) is 18.2. The molecule has 2 N–H and O–H groups in total. The van der Waals surface area contributed by atoms with Crippen LogP contribution in [0, 0.1) is 0 Å². The molecule has 138 valence electrons. The maximum Gasteiger partial charge on any atom is 0.211 e. The van der Waals surface area contributed by atoms with Crippen molar-refractivity contribution in [3.8, 4) is 11.5 Å². The van der Waals surface area contributed by atoms with Crippen LogP contribution in [0.1, 0.15) is 24.2 Å². The van der Waals surface area contributed by atoms with Crippen LogP contribution in [0.4, 0.5) is 5.69 Å². The van der Waals surface area contributed by atoms with E-state index in [1.807, 2.05) is 18.2 Å². The monoisotopic (exact) mass is 356 g/mol. The van der Waals surface area contributed by atoms with Crippen molar-refractivity contribution < 1.29 is 19.4 Å². The molecular formula is C20H24N2O4. The van der Waals surface area contributed by atoms with E-state index >= 15 is 0 Å². The summed E-state index contributed by atoms with van der Waals surface area (Å²) in [5, 5.41) is 12.3. The number of carbonyl (C=O) groups is 1. The molecule has 0 unspecified atom stereocenters. The Kier molecular flexibility index (Phi) is 5.75. The highest BCUT2D eigenvalue weighted by atomic mass is 16.5. The normalized spacial score (nSPS) is 18.5. The fourth-order valence-corrected chi connectivity index (χ4v) is 3.18. The van der Waals surface area contributed by atoms with Gasteiger partial charge in [0.25, 0.3) is 0 Å². The van der Waals surface area contributed by atoms with Crippen molar-refractivity contribution in [2.24, 2.45) is 0 Å². The molecule has 1 saturated heterocycles. The third kappa shape index (κ3) is 4.15. The molecule has 3 rings (SSSR count). The van der Waals surface area contributed by atoms with E-state index in [0.29, 0.717) is 24.9 Å². The Balaban J connectivity index is 1.62. The molecule has 1 aliphatic heterocycles. The smallest absolute Gasteiger partial charge is 0.211 e. The van der Waals surface area contributed by atoms with E-state index in [-0.39, 0.29) is 11.9 Å². The van der Waals surface area contributed by atoms with Gasteiger partial charge in [-0.15, -0.1) is 0 Å². The average molecular weight is 356 g/mol. The molecule has 1 amide bonds. The molecule has 2 atom stereocenters. The van der Waals surface area contributed by atoms with Crippen molar-refractivity contribution in [3.63, 3.8) is 0 Å². The van der Waals surface area contributed by atoms with E-state index < -0.39 is 0 Å². The van der Waals surface area contributed by atoms with Crippen molar-refractivity contribution in [1.82, 2.24) is 4.90 Å². The van der Waals surface area contributed by atoms with Gasteiger partial charge < -0.3 is 19.9 Å². The number of nitrogens with one attached hydrogen (secondary N) is 1. The van der Waals surface area contributed by atoms with Gasteiger partial charge in [0, 0.05) is 12.6 Å². The molecule has 0 aliphatic carbocycles. The Bertz CT molecular complexity index is 748. The van der Waals surface area contributed by atoms with Crippen LogP contribution in [-0.2, 0) is 16.0 Å². The lowest BCUT2D eigenvalue weighted by Gasteiger charge is -2.22. The zero-order valence-corrected chi connectivity index (χ0v) is 15.0. The number of phenolic OH excluding ortho intramolecular Hbond substituents is 1. The summed E-state index contributed by atoms with van der Waals surface area (Å²) in [6.45, 7) is 3.51. The minimum atomic E-state index is -0.0823. The van der Waals surface area contributed by atoms with Gasteiger partial charge in [0.05, 0.1) is 18.9 Å². The molecule has 0 bridgehead atoms. The quantitative estimate of drug-likeness (QED) is 0.590. The summed E-state index contributed by atoms with van der Waals surface area (Å²) in [5.41, 5.74) is 2.58. The molecule has 0 saturated carbocycles. The number of benzene rings is 2. The summed E-state index contributed by atoms with van der Waals surface area (Å²) < 4.78 is 11.1. The number of hydrogen-bond donors (Lipinski definition) is 2. The summed E-state index contributed by atoms with van der Waals surface area (Å²) in [5.74, 6) is 0.904. The van der Waals surface area contributed by atoms with Crippen LogP contribution in [0.5, 0.6) is 11.5 Å². The Hall–Kier alpha value is -2.57. The molecule has 2 aromatic rings. The molecule has 1 heterocycles. The van der Waals surface area contributed by atoms with Crippen LogP contribution in [0.3, 0.4) is 0 Å². The van der Waals surface area contributed by atoms with Gasteiger partial charge >= 0.3 is 0 Å². The summed E-state index contributed by atoms with van der Waals surface area (Å²) in [6.07, 6.45) is 1.40. The van der Waals surface area contributed by atoms with Gasteiger partial charge in [-0.3, -0.25) is 9.69 Å². The number of ether oxygens (including phenoxy) is 2. The fraction of sp³-hybridized carbons (Fsp3) is 0.350. The second-order valence-electron chi connectivity index (χ2n) is 6.50. The van der Waals surface area contributed by atoms with Crippen LogP contribution in [0.25, 0.3) is 0 Å². The Labute approximate surface area is 153 Å². The molecule has 1 aliphatic rings. The van der Waals surface area contributed by atoms with Crippen molar-refractivity contribution >= 4 is 12.1 Å². The largest absolute Gasteiger partial charge is 0.506 e. The van der Waals surface area contributed by atoms with Gasteiger partial charge in [-0.05, 0) is 48.7 Å². The van der Waals surface area contributed by atoms with Crippen LogP contribution >= 0.6 is 0 Å². The summed E-state index contributed by atoms with van der Waals surface area (Å²) in [7, 11) is 1.67. The number of methoxy groups -OCH3 is 1. The van der Waals surface area contributed by atoms with E-state index in [9.17, 15) is 9.90 Å². The Morgan fingerprint density at radius 1 is 1.35 bits per heavy atom.